The standard InChI is InChI=1S/C28H54N8O7.C2HF3O2/c1-7-17(6)23(36-27(42)20(14-37)34-25(40)18(30)12-15(2)3)28(43)32-13-21(38)33-19(10-8-9-11-29)26(41)35-22(16(4)5)24(31)39;3-2(4,5)1(6)7/h15-20,22-23,37H,7-14,29-30H2,1-6H3,(H2,31,39)(H,32,43)(H,33,38)(H,34,40)(H,35,41)(H,36,42);(H,6,7)/t17-,18-,19-,20-,22-,23-;/m0./s1. The number of aliphatic hydroxyl groups excluding tert-OH is 1. The fourth-order valence-corrected chi connectivity index (χ4v) is 4.15. The van der Waals surface area contributed by atoms with Gasteiger partial charge in [0.25, 0.3) is 0 Å². The van der Waals surface area contributed by atoms with Gasteiger partial charge in [-0.05, 0) is 50.0 Å². The zero-order chi connectivity index (χ0) is 39.4. The molecule has 6 amide bonds. The third kappa shape index (κ3) is 19.8. The lowest BCUT2D eigenvalue weighted by Gasteiger charge is -2.27. The van der Waals surface area contributed by atoms with Crippen molar-refractivity contribution < 1.29 is 56.9 Å². The van der Waals surface area contributed by atoms with E-state index in [1.165, 1.54) is 0 Å². The van der Waals surface area contributed by atoms with Crippen LogP contribution in [0.2, 0.25) is 0 Å². The van der Waals surface area contributed by atoms with Crippen molar-refractivity contribution in [1.82, 2.24) is 26.6 Å². The van der Waals surface area contributed by atoms with E-state index in [9.17, 15) is 47.0 Å². The number of carboxylic acid groups (broad SMARTS) is 1. The van der Waals surface area contributed by atoms with Crippen LogP contribution in [0.1, 0.15) is 73.6 Å². The number of rotatable bonds is 21. The Morgan fingerprint density at radius 3 is 1.72 bits per heavy atom. The van der Waals surface area contributed by atoms with Crippen molar-refractivity contribution in [2.45, 2.75) is 110 Å². The van der Waals surface area contributed by atoms with Crippen LogP contribution in [0.3, 0.4) is 0 Å². The number of amides is 6. The number of aliphatic hydroxyl groups is 1. The zero-order valence-electron chi connectivity index (χ0n) is 29.4. The van der Waals surface area contributed by atoms with Gasteiger partial charge in [0.05, 0.1) is 19.2 Å². The number of nitrogens with one attached hydrogen (secondary N) is 5. The molecule has 0 aliphatic heterocycles. The third-order valence-electron chi connectivity index (χ3n) is 7.21. The first-order valence-electron chi connectivity index (χ1n) is 16.2. The molecule has 0 unspecified atom stereocenters. The second-order valence-electron chi connectivity index (χ2n) is 12.4. The summed E-state index contributed by atoms with van der Waals surface area (Å²) in [6.07, 6.45) is -2.84. The summed E-state index contributed by atoms with van der Waals surface area (Å²) < 4.78 is 31.7. The molecular formula is C30H55F3N8O9. The molecule has 0 saturated carbocycles. The molecule has 17 nitrogen and oxygen atoms in total. The van der Waals surface area contributed by atoms with Crippen molar-refractivity contribution in [1.29, 1.82) is 0 Å². The minimum Gasteiger partial charge on any atom is -0.475 e. The van der Waals surface area contributed by atoms with Gasteiger partial charge in [0, 0.05) is 0 Å². The van der Waals surface area contributed by atoms with Gasteiger partial charge in [-0.2, -0.15) is 13.2 Å². The Kier molecular flexibility index (Phi) is 23.2. The maximum absolute atomic E-state index is 13.1. The molecule has 0 aromatic rings. The molecule has 0 fully saturated rings. The lowest BCUT2D eigenvalue weighted by atomic mass is 9.97. The lowest BCUT2D eigenvalue weighted by molar-refractivity contribution is -0.192. The van der Waals surface area contributed by atoms with Gasteiger partial charge in [0.2, 0.25) is 35.4 Å². The smallest absolute Gasteiger partial charge is 0.475 e. The zero-order valence-corrected chi connectivity index (χ0v) is 29.4. The summed E-state index contributed by atoms with van der Waals surface area (Å²) in [5.41, 5.74) is 16.8. The number of aliphatic carboxylic acids is 1. The molecule has 0 spiro atoms. The lowest BCUT2D eigenvalue weighted by Crippen LogP contribution is -2.59. The summed E-state index contributed by atoms with van der Waals surface area (Å²) in [5.74, 6) is -7.30. The number of unbranched alkanes of at least 4 members (excludes halogenated alkanes) is 1. The average Bonchev–Trinajstić information content (AvgIpc) is 3.01. The van der Waals surface area contributed by atoms with Gasteiger partial charge in [0.15, 0.2) is 0 Å². The highest BCUT2D eigenvalue weighted by Gasteiger charge is 2.38. The van der Waals surface area contributed by atoms with Crippen LogP contribution in [0.5, 0.6) is 0 Å². The first-order chi connectivity index (χ1) is 23.0. The van der Waals surface area contributed by atoms with Crippen molar-refractivity contribution in [3.05, 3.63) is 0 Å². The normalized spacial score (nSPS) is 14.8. The van der Waals surface area contributed by atoms with Crippen LogP contribution >= 0.6 is 0 Å². The molecule has 0 saturated heterocycles. The average molecular weight is 729 g/mol. The van der Waals surface area contributed by atoms with Gasteiger partial charge in [-0.1, -0.05) is 48.0 Å². The number of carbonyl (C=O) groups is 7. The highest BCUT2D eigenvalue weighted by atomic mass is 19.4. The Balaban J connectivity index is 0. The van der Waals surface area contributed by atoms with Crippen LogP contribution in [-0.2, 0) is 33.6 Å². The summed E-state index contributed by atoms with van der Waals surface area (Å²) in [6, 6.07) is -5.23. The van der Waals surface area contributed by atoms with Crippen molar-refractivity contribution in [2.75, 3.05) is 19.7 Å². The number of hydrogen-bond acceptors (Lipinski definition) is 10. The highest BCUT2D eigenvalue weighted by Crippen LogP contribution is 2.13. The van der Waals surface area contributed by atoms with Gasteiger partial charge < -0.3 is 54.0 Å². The molecule has 0 bridgehead atoms. The summed E-state index contributed by atoms with van der Waals surface area (Å²) in [5, 5.41) is 29.4. The molecule has 0 heterocycles. The first kappa shape index (κ1) is 48.1. The Hall–Kier alpha value is -4.04. The van der Waals surface area contributed by atoms with Gasteiger partial charge in [0.1, 0.15) is 24.2 Å². The van der Waals surface area contributed by atoms with Crippen LogP contribution in [-0.4, -0.2) is 108 Å². The van der Waals surface area contributed by atoms with Crippen molar-refractivity contribution in [2.24, 2.45) is 35.0 Å². The van der Waals surface area contributed by atoms with Crippen molar-refractivity contribution >= 4 is 41.4 Å². The predicted octanol–water partition coefficient (Wildman–Crippen LogP) is -1.64. The number of hydrogen-bond donors (Lipinski definition) is 10. The van der Waals surface area contributed by atoms with E-state index in [0.29, 0.717) is 32.2 Å². The van der Waals surface area contributed by atoms with Crippen LogP contribution in [0.25, 0.3) is 0 Å². The van der Waals surface area contributed by atoms with E-state index >= 15 is 0 Å². The van der Waals surface area contributed by atoms with Crippen LogP contribution in [0.4, 0.5) is 13.2 Å². The molecule has 0 aliphatic rings. The second kappa shape index (κ2) is 24.2. The van der Waals surface area contributed by atoms with Gasteiger partial charge in [-0.3, -0.25) is 28.8 Å². The Labute approximate surface area is 289 Å². The molecule has 290 valence electrons. The number of halogens is 3. The number of carboxylic acids is 1. The Bertz CT molecular complexity index is 1130. The molecule has 6 atom stereocenters. The van der Waals surface area contributed by atoms with Crippen LogP contribution < -0.4 is 43.8 Å². The topological polar surface area (TPSA) is 298 Å². The van der Waals surface area contributed by atoms with E-state index in [0.717, 1.165) is 0 Å². The minimum atomic E-state index is -5.08. The van der Waals surface area contributed by atoms with E-state index in [1.54, 1.807) is 27.7 Å². The molecule has 0 aliphatic carbocycles. The quantitative estimate of drug-likeness (QED) is 0.0598. The van der Waals surface area contributed by atoms with Gasteiger partial charge in [-0.25, -0.2) is 4.79 Å². The number of alkyl halides is 3. The van der Waals surface area contributed by atoms with Crippen LogP contribution in [0, 0.1) is 17.8 Å². The van der Waals surface area contributed by atoms with Crippen molar-refractivity contribution in [3.8, 4) is 0 Å². The van der Waals surface area contributed by atoms with E-state index in [-0.39, 0.29) is 24.2 Å². The summed E-state index contributed by atoms with van der Waals surface area (Å²) in [6.45, 7) is 9.92. The summed E-state index contributed by atoms with van der Waals surface area (Å²) in [7, 11) is 0. The predicted molar refractivity (Wildman–Crippen MR) is 175 cm³/mol. The summed E-state index contributed by atoms with van der Waals surface area (Å²) in [4.78, 5) is 84.6. The molecule has 0 rings (SSSR count). The maximum Gasteiger partial charge on any atom is 0.490 e. The molecule has 0 aromatic heterocycles. The summed E-state index contributed by atoms with van der Waals surface area (Å²) >= 11 is 0. The van der Waals surface area contributed by atoms with Crippen LogP contribution in [0.15, 0.2) is 0 Å². The van der Waals surface area contributed by atoms with Crippen molar-refractivity contribution in [3.63, 3.8) is 0 Å². The molecule has 0 aromatic carbocycles. The highest BCUT2D eigenvalue weighted by molar-refractivity contribution is 5.95. The third-order valence-corrected chi connectivity index (χ3v) is 7.21. The maximum atomic E-state index is 13.1. The van der Waals surface area contributed by atoms with Gasteiger partial charge in [-0.15, -0.1) is 0 Å². The number of carbonyl (C=O) groups excluding carboxylic acids is 6. The fourth-order valence-electron chi connectivity index (χ4n) is 4.15. The largest absolute Gasteiger partial charge is 0.490 e. The molecule has 0 radical (unpaired) electrons. The minimum absolute atomic E-state index is 0.139. The molecule has 20 heteroatoms. The Morgan fingerprint density at radius 1 is 0.780 bits per heavy atom. The molecule has 50 heavy (non-hydrogen) atoms. The number of nitrogens with two attached hydrogens (primary N) is 3. The van der Waals surface area contributed by atoms with E-state index in [2.05, 4.69) is 26.6 Å². The SMILES string of the molecule is CC[C@H](C)[C@H](NC(=O)[C@H](CO)NC(=O)[C@@H](N)CC(C)C)C(=O)NCC(=O)N[C@@H](CCCCN)C(=O)N[C@H](C(N)=O)C(C)C.O=C(O)C(F)(F)F. The van der Waals surface area contributed by atoms with E-state index < -0.39 is 90.9 Å². The number of primary amides is 1. The second-order valence-corrected chi connectivity index (χ2v) is 12.4. The van der Waals surface area contributed by atoms with Gasteiger partial charge >= 0.3 is 12.1 Å². The first-order valence-corrected chi connectivity index (χ1v) is 16.2. The Morgan fingerprint density at radius 2 is 1.30 bits per heavy atom. The van der Waals surface area contributed by atoms with E-state index in [4.69, 9.17) is 27.1 Å². The fraction of sp³-hybridized carbons (Fsp3) is 0.767. The molecular weight excluding hydrogens is 673 g/mol. The monoisotopic (exact) mass is 728 g/mol. The molecule has 13 N–H and O–H groups in total. The van der Waals surface area contributed by atoms with E-state index in [1.807, 2.05) is 13.8 Å².